The number of unbranched alkanes of at least 4 members (excludes halogenated alkanes) is 13. The highest BCUT2D eigenvalue weighted by atomic mass is 16.1. The summed E-state index contributed by atoms with van der Waals surface area (Å²) >= 11 is 0. The largest absolute Gasteiger partial charge is 0.322 e. The van der Waals surface area contributed by atoms with Crippen LogP contribution in [0.15, 0.2) is 36.9 Å². The van der Waals surface area contributed by atoms with Crippen LogP contribution in [0.25, 0.3) is 0 Å². The van der Waals surface area contributed by atoms with Crippen molar-refractivity contribution in [3.8, 4) is 0 Å². The van der Waals surface area contributed by atoms with Crippen molar-refractivity contribution < 1.29 is 4.79 Å². The summed E-state index contributed by atoms with van der Waals surface area (Å²) in [7, 11) is 0. The van der Waals surface area contributed by atoms with Gasteiger partial charge in [0.05, 0.1) is 0 Å². The van der Waals surface area contributed by atoms with E-state index in [1.165, 1.54) is 102 Å². The molecule has 0 unspecified atom stereocenters. The molecule has 0 heterocycles. The van der Waals surface area contributed by atoms with Crippen molar-refractivity contribution in [2.75, 3.05) is 5.32 Å². The van der Waals surface area contributed by atoms with Gasteiger partial charge in [-0.15, -0.1) is 0 Å². The minimum atomic E-state index is -0.136. The summed E-state index contributed by atoms with van der Waals surface area (Å²) in [6.45, 7) is 5.80. The molecule has 1 aromatic carbocycles. The van der Waals surface area contributed by atoms with Crippen molar-refractivity contribution >= 4 is 11.6 Å². The van der Waals surface area contributed by atoms with E-state index in [0.29, 0.717) is 0 Å². The second-order valence-corrected chi connectivity index (χ2v) is 7.70. The molecule has 0 spiro atoms. The maximum absolute atomic E-state index is 11.5. The first-order valence-corrected chi connectivity index (χ1v) is 11.3. The van der Waals surface area contributed by atoms with Crippen LogP contribution in [0.4, 0.5) is 5.69 Å². The minimum absolute atomic E-state index is 0.136. The molecule has 0 fully saturated rings. The Hall–Kier alpha value is -1.57. The Morgan fingerprint density at radius 2 is 1.30 bits per heavy atom. The molecule has 0 aliphatic carbocycles. The molecule has 27 heavy (non-hydrogen) atoms. The van der Waals surface area contributed by atoms with Crippen molar-refractivity contribution in [2.24, 2.45) is 0 Å². The first-order chi connectivity index (χ1) is 13.3. The number of carbonyl (C=O) groups is 1. The molecule has 0 saturated heterocycles. The average Bonchev–Trinajstić information content (AvgIpc) is 2.69. The number of amides is 1. The van der Waals surface area contributed by atoms with Crippen molar-refractivity contribution in [3.63, 3.8) is 0 Å². The first kappa shape index (κ1) is 23.5. The summed E-state index contributed by atoms with van der Waals surface area (Å²) in [6.07, 6.45) is 21.7. The van der Waals surface area contributed by atoms with Crippen LogP contribution >= 0.6 is 0 Å². The van der Waals surface area contributed by atoms with E-state index < -0.39 is 0 Å². The number of benzene rings is 1. The third-order valence-electron chi connectivity index (χ3n) is 5.26. The topological polar surface area (TPSA) is 29.1 Å². The van der Waals surface area contributed by atoms with E-state index in [0.717, 1.165) is 12.1 Å². The summed E-state index contributed by atoms with van der Waals surface area (Å²) in [5, 5.41) is 2.90. The molecule has 1 rings (SSSR count). The van der Waals surface area contributed by atoms with Crippen LogP contribution in [-0.2, 0) is 11.2 Å². The third kappa shape index (κ3) is 12.4. The monoisotopic (exact) mass is 371 g/mol. The van der Waals surface area contributed by atoms with E-state index >= 15 is 0 Å². The zero-order chi connectivity index (χ0) is 19.6. The van der Waals surface area contributed by atoms with Gasteiger partial charge in [0.1, 0.15) is 0 Å². The fraction of sp³-hybridized carbons (Fsp3) is 0.640. The smallest absolute Gasteiger partial charge is 0.247 e. The number of hydrogen-bond acceptors (Lipinski definition) is 1. The van der Waals surface area contributed by atoms with Crippen molar-refractivity contribution in [1.82, 2.24) is 0 Å². The molecule has 0 radical (unpaired) electrons. The van der Waals surface area contributed by atoms with Crippen LogP contribution in [0, 0.1) is 0 Å². The standard InChI is InChI=1S/C25H41NO/c1-3-5-6-7-8-9-10-11-12-13-14-15-16-17-20-23-21-18-19-22-24(23)26-25(27)4-2/h4,18-19,21-22H,2-3,5-17,20H2,1H3,(H,26,27). The molecule has 2 nitrogen and oxygen atoms in total. The molecule has 152 valence electrons. The van der Waals surface area contributed by atoms with E-state index in [2.05, 4.69) is 24.9 Å². The number of para-hydroxylation sites is 1. The van der Waals surface area contributed by atoms with Crippen LogP contribution in [-0.4, -0.2) is 5.91 Å². The summed E-state index contributed by atoms with van der Waals surface area (Å²) in [5.41, 5.74) is 2.16. The number of rotatable bonds is 17. The summed E-state index contributed by atoms with van der Waals surface area (Å²) < 4.78 is 0. The maximum Gasteiger partial charge on any atom is 0.247 e. The Morgan fingerprint density at radius 3 is 1.81 bits per heavy atom. The molecule has 1 amide bonds. The van der Waals surface area contributed by atoms with Crippen LogP contribution in [0.5, 0.6) is 0 Å². The maximum atomic E-state index is 11.5. The SMILES string of the molecule is C=CC(=O)Nc1ccccc1CCCCCCCCCCCCCCCC. The highest BCUT2D eigenvalue weighted by Gasteiger charge is 2.03. The molecule has 0 aliphatic rings. The molecule has 1 aromatic rings. The predicted octanol–water partition coefficient (Wildman–Crippen LogP) is 7.83. The highest BCUT2D eigenvalue weighted by Crippen LogP contribution is 2.19. The van der Waals surface area contributed by atoms with Crippen LogP contribution < -0.4 is 5.32 Å². The lowest BCUT2D eigenvalue weighted by molar-refractivity contribution is -0.111. The molecule has 1 N–H and O–H groups in total. The summed E-state index contributed by atoms with van der Waals surface area (Å²) in [5.74, 6) is -0.136. The Labute approximate surface area is 167 Å². The molecule has 0 aromatic heterocycles. The Morgan fingerprint density at radius 1 is 0.815 bits per heavy atom. The van der Waals surface area contributed by atoms with Crippen LogP contribution in [0.2, 0.25) is 0 Å². The van der Waals surface area contributed by atoms with Gasteiger partial charge in [0.25, 0.3) is 0 Å². The zero-order valence-electron chi connectivity index (χ0n) is 17.6. The van der Waals surface area contributed by atoms with Gasteiger partial charge in [0.2, 0.25) is 5.91 Å². The molecule has 0 saturated carbocycles. The highest BCUT2D eigenvalue weighted by molar-refractivity contribution is 5.99. The van der Waals surface area contributed by atoms with Crippen molar-refractivity contribution in [2.45, 2.75) is 103 Å². The van der Waals surface area contributed by atoms with Gasteiger partial charge < -0.3 is 5.32 Å². The number of nitrogens with one attached hydrogen (secondary N) is 1. The van der Waals surface area contributed by atoms with E-state index in [1.807, 2.05) is 18.2 Å². The number of anilines is 1. The second-order valence-electron chi connectivity index (χ2n) is 7.70. The lowest BCUT2D eigenvalue weighted by atomic mass is 10.0. The van der Waals surface area contributed by atoms with Gasteiger partial charge in [-0.25, -0.2) is 0 Å². The molecule has 0 atom stereocenters. The second kappa shape index (κ2) is 16.6. The van der Waals surface area contributed by atoms with Gasteiger partial charge in [-0.05, 0) is 30.5 Å². The zero-order valence-corrected chi connectivity index (χ0v) is 17.6. The molecule has 0 aliphatic heterocycles. The van der Waals surface area contributed by atoms with E-state index in [1.54, 1.807) is 0 Å². The first-order valence-electron chi connectivity index (χ1n) is 11.3. The number of hydrogen-bond donors (Lipinski definition) is 1. The molecule has 2 heteroatoms. The lowest BCUT2D eigenvalue weighted by Gasteiger charge is -2.09. The van der Waals surface area contributed by atoms with Crippen LogP contribution in [0.1, 0.15) is 102 Å². The van der Waals surface area contributed by atoms with Gasteiger partial charge in [-0.2, -0.15) is 0 Å². The van der Waals surface area contributed by atoms with Gasteiger partial charge in [-0.1, -0.05) is 115 Å². The Kier molecular flexibility index (Phi) is 14.4. The Balaban J connectivity index is 1.97. The molecular weight excluding hydrogens is 330 g/mol. The van der Waals surface area contributed by atoms with Crippen LogP contribution in [0.3, 0.4) is 0 Å². The summed E-state index contributed by atoms with van der Waals surface area (Å²) in [6, 6.07) is 8.09. The van der Waals surface area contributed by atoms with Gasteiger partial charge in [0, 0.05) is 5.69 Å². The van der Waals surface area contributed by atoms with Crippen molar-refractivity contribution in [3.05, 3.63) is 42.5 Å². The lowest BCUT2D eigenvalue weighted by Crippen LogP contribution is -2.09. The van der Waals surface area contributed by atoms with Gasteiger partial charge >= 0.3 is 0 Å². The fourth-order valence-electron chi connectivity index (χ4n) is 3.55. The van der Waals surface area contributed by atoms with Crippen molar-refractivity contribution in [1.29, 1.82) is 0 Å². The quantitative estimate of drug-likeness (QED) is 0.219. The number of aryl methyl sites for hydroxylation is 1. The fourth-order valence-corrected chi connectivity index (χ4v) is 3.55. The number of carbonyl (C=O) groups excluding carboxylic acids is 1. The molecular formula is C25H41NO. The third-order valence-corrected chi connectivity index (χ3v) is 5.26. The predicted molar refractivity (Wildman–Crippen MR) is 119 cm³/mol. The minimum Gasteiger partial charge on any atom is -0.322 e. The Bertz CT molecular complexity index is 509. The van der Waals surface area contributed by atoms with Gasteiger partial charge in [0.15, 0.2) is 0 Å². The van der Waals surface area contributed by atoms with E-state index in [9.17, 15) is 4.79 Å². The van der Waals surface area contributed by atoms with E-state index in [-0.39, 0.29) is 5.91 Å². The molecule has 0 bridgehead atoms. The normalized spacial score (nSPS) is 10.7. The summed E-state index contributed by atoms with van der Waals surface area (Å²) in [4.78, 5) is 11.5. The van der Waals surface area contributed by atoms with E-state index in [4.69, 9.17) is 0 Å². The van der Waals surface area contributed by atoms with Gasteiger partial charge in [-0.3, -0.25) is 4.79 Å². The average molecular weight is 372 g/mol.